The second-order valence-electron chi connectivity index (χ2n) is 4.36. The van der Waals surface area contributed by atoms with Crippen molar-refractivity contribution in [3.05, 3.63) is 0 Å². The predicted molar refractivity (Wildman–Crippen MR) is 68.3 cm³/mol. The highest BCUT2D eigenvalue weighted by Crippen LogP contribution is 2.05. The molecule has 104 valence electrons. The molecule has 0 aromatic carbocycles. The fourth-order valence-corrected chi connectivity index (χ4v) is 1.58. The van der Waals surface area contributed by atoms with Crippen LogP contribution in [-0.2, 0) is 14.4 Å². The van der Waals surface area contributed by atoms with Gasteiger partial charge in [0.1, 0.15) is 6.04 Å². The first kappa shape index (κ1) is 16.4. The van der Waals surface area contributed by atoms with Crippen LogP contribution in [0.1, 0.15) is 51.9 Å². The third-order valence-corrected chi connectivity index (χ3v) is 2.59. The van der Waals surface area contributed by atoms with Crippen molar-refractivity contribution in [2.75, 3.05) is 0 Å². The van der Waals surface area contributed by atoms with E-state index in [9.17, 15) is 14.4 Å². The fraction of sp³-hybridized carbons (Fsp3) is 0.750. The van der Waals surface area contributed by atoms with Crippen molar-refractivity contribution in [2.24, 2.45) is 11.5 Å². The highest BCUT2D eigenvalue weighted by molar-refractivity contribution is 5.90. The Balaban J connectivity index is 3.88. The van der Waals surface area contributed by atoms with Crippen LogP contribution < -0.4 is 16.8 Å². The van der Waals surface area contributed by atoms with E-state index < -0.39 is 17.9 Å². The number of hydrogen-bond acceptors (Lipinski definition) is 3. The van der Waals surface area contributed by atoms with Crippen LogP contribution >= 0.6 is 0 Å². The smallest absolute Gasteiger partial charge is 0.240 e. The highest BCUT2D eigenvalue weighted by Gasteiger charge is 2.19. The van der Waals surface area contributed by atoms with Crippen LogP contribution in [0, 0.1) is 0 Å². The molecule has 0 spiro atoms. The minimum atomic E-state index is -0.995. The van der Waals surface area contributed by atoms with Crippen molar-refractivity contribution in [3.8, 4) is 0 Å². The Labute approximate surface area is 107 Å². The predicted octanol–water partition coefficient (Wildman–Crippen LogP) is 0.192. The van der Waals surface area contributed by atoms with E-state index in [4.69, 9.17) is 11.5 Å². The average molecular weight is 257 g/mol. The lowest BCUT2D eigenvalue weighted by atomic mass is 10.1. The second-order valence-corrected chi connectivity index (χ2v) is 4.36. The molecule has 0 fully saturated rings. The van der Waals surface area contributed by atoms with Crippen LogP contribution in [-0.4, -0.2) is 23.8 Å². The summed E-state index contributed by atoms with van der Waals surface area (Å²) in [7, 11) is 0. The Morgan fingerprint density at radius 2 is 1.67 bits per heavy atom. The summed E-state index contributed by atoms with van der Waals surface area (Å²) in [5, 5.41) is 2.42. The van der Waals surface area contributed by atoms with Crippen LogP contribution in [0.25, 0.3) is 0 Å². The lowest BCUT2D eigenvalue weighted by Crippen LogP contribution is -2.46. The van der Waals surface area contributed by atoms with Gasteiger partial charge in [-0.2, -0.15) is 0 Å². The Hall–Kier alpha value is -1.59. The number of nitrogens with one attached hydrogen (secondary N) is 1. The Morgan fingerprint density at radius 1 is 1.06 bits per heavy atom. The van der Waals surface area contributed by atoms with E-state index in [1.165, 1.54) is 0 Å². The van der Waals surface area contributed by atoms with Crippen LogP contribution in [0.3, 0.4) is 0 Å². The topological polar surface area (TPSA) is 115 Å². The second kappa shape index (κ2) is 9.44. The SMILES string of the molecule is CCCCCCCC(=O)N[C@H](CC(N)=O)C(N)=O. The summed E-state index contributed by atoms with van der Waals surface area (Å²) in [5.41, 5.74) is 10.0. The molecule has 0 aliphatic rings. The number of rotatable bonds is 10. The van der Waals surface area contributed by atoms with Crippen molar-refractivity contribution in [2.45, 2.75) is 57.9 Å². The van der Waals surface area contributed by atoms with Crippen LogP contribution in [0.5, 0.6) is 0 Å². The summed E-state index contributed by atoms with van der Waals surface area (Å²) in [4.78, 5) is 33.2. The van der Waals surface area contributed by atoms with Gasteiger partial charge in [0.25, 0.3) is 0 Å². The van der Waals surface area contributed by atoms with Gasteiger partial charge in [-0.05, 0) is 6.42 Å². The van der Waals surface area contributed by atoms with E-state index in [0.717, 1.165) is 32.1 Å². The molecule has 0 aromatic rings. The first-order valence-corrected chi connectivity index (χ1v) is 6.34. The van der Waals surface area contributed by atoms with Crippen molar-refractivity contribution < 1.29 is 14.4 Å². The van der Waals surface area contributed by atoms with E-state index in [-0.39, 0.29) is 12.3 Å². The molecule has 6 heteroatoms. The molecule has 0 heterocycles. The minimum Gasteiger partial charge on any atom is -0.370 e. The third-order valence-electron chi connectivity index (χ3n) is 2.59. The summed E-state index contributed by atoms with van der Waals surface area (Å²) in [6, 6.07) is -0.995. The molecule has 0 aromatic heterocycles. The number of nitrogens with two attached hydrogens (primary N) is 2. The maximum Gasteiger partial charge on any atom is 0.240 e. The van der Waals surface area contributed by atoms with Gasteiger partial charge in [-0.15, -0.1) is 0 Å². The molecule has 0 saturated heterocycles. The quantitative estimate of drug-likeness (QED) is 0.485. The van der Waals surface area contributed by atoms with Gasteiger partial charge in [0.2, 0.25) is 17.7 Å². The normalized spacial score (nSPS) is 11.8. The van der Waals surface area contributed by atoms with Crippen molar-refractivity contribution in [3.63, 3.8) is 0 Å². The molecular weight excluding hydrogens is 234 g/mol. The van der Waals surface area contributed by atoms with Crippen LogP contribution in [0.15, 0.2) is 0 Å². The van der Waals surface area contributed by atoms with Crippen molar-refractivity contribution in [1.82, 2.24) is 5.32 Å². The molecule has 5 N–H and O–H groups in total. The zero-order valence-corrected chi connectivity index (χ0v) is 10.9. The molecule has 1 atom stereocenters. The molecule has 0 saturated carbocycles. The molecule has 6 nitrogen and oxygen atoms in total. The molecule has 0 rings (SSSR count). The lowest BCUT2D eigenvalue weighted by molar-refractivity contribution is -0.129. The summed E-state index contributed by atoms with van der Waals surface area (Å²) in [6.07, 6.45) is 5.25. The molecule has 0 aliphatic carbocycles. The van der Waals surface area contributed by atoms with Gasteiger partial charge in [0.05, 0.1) is 6.42 Å². The number of hydrogen-bond donors (Lipinski definition) is 3. The minimum absolute atomic E-state index is 0.253. The summed E-state index contributed by atoms with van der Waals surface area (Å²) >= 11 is 0. The Morgan fingerprint density at radius 3 is 2.17 bits per heavy atom. The van der Waals surface area contributed by atoms with E-state index in [1.807, 2.05) is 0 Å². The van der Waals surface area contributed by atoms with Gasteiger partial charge in [0, 0.05) is 6.42 Å². The fourth-order valence-electron chi connectivity index (χ4n) is 1.58. The molecule has 18 heavy (non-hydrogen) atoms. The molecule has 3 amide bonds. The monoisotopic (exact) mass is 257 g/mol. The summed E-state index contributed by atoms with van der Waals surface area (Å²) in [6.45, 7) is 2.12. The van der Waals surface area contributed by atoms with Gasteiger partial charge in [0.15, 0.2) is 0 Å². The number of amides is 3. The standard InChI is InChI=1S/C12H23N3O3/c1-2-3-4-5-6-7-11(17)15-9(12(14)18)8-10(13)16/h9H,2-8H2,1H3,(H2,13,16)(H2,14,18)(H,15,17)/t9-/m1/s1. The maximum absolute atomic E-state index is 11.5. The number of carbonyl (C=O) groups is 3. The van der Waals surface area contributed by atoms with E-state index in [1.54, 1.807) is 0 Å². The largest absolute Gasteiger partial charge is 0.370 e. The zero-order chi connectivity index (χ0) is 14.0. The Bertz CT molecular complexity index is 292. The van der Waals surface area contributed by atoms with E-state index in [2.05, 4.69) is 12.2 Å². The summed E-state index contributed by atoms with van der Waals surface area (Å²) in [5.74, 6) is -1.67. The number of primary amides is 2. The first-order chi connectivity index (χ1) is 8.47. The lowest BCUT2D eigenvalue weighted by Gasteiger charge is -2.13. The zero-order valence-electron chi connectivity index (χ0n) is 10.9. The van der Waals surface area contributed by atoms with Crippen LogP contribution in [0.4, 0.5) is 0 Å². The van der Waals surface area contributed by atoms with Gasteiger partial charge in [-0.3, -0.25) is 14.4 Å². The molecule has 0 unspecified atom stereocenters. The molecule has 0 aliphatic heterocycles. The number of unbranched alkanes of at least 4 members (excludes halogenated alkanes) is 4. The molecular formula is C12H23N3O3. The van der Waals surface area contributed by atoms with Gasteiger partial charge in [-0.25, -0.2) is 0 Å². The highest BCUT2D eigenvalue weighted by atomic mass is 16.2. The van der Waals surface area contributed by atoms with Gasteiger partial charge in [-0.1, -0.05) is 32.6 Å². The van der Waals surface area contributed by atoms with Crippen molar-refractivity contribution in [1.29, 1.82) is 0 Å². The van der Waals surface area contributed by atoms with Gasteiger partial charge >= 0.3 is 0 Å². The molecule has 0 radical (unpaired) electrons. The van der Waals surface area contributed by atoms with Gasteiger partial charge < -0.3 is 16.8 Å². The molecule has 0 bridgehead atoms. The third kappa shape index (κ3) is 8.55. The number of carbonyl (C=O) groups excluding carboxylic acids is 3. The van der Waals surface area contributed by atoms with Crippen molar-refractivity contribution >= 4 is 17.7 Å². The van der Waals surface area contributed by atoms with E-state index >= 15 is 0 Å². The summed E-state index contributed by atoms with van der Waals surface area (Å²) < 4.78 is 0. The maximum atomic E-state index is 11.5. The Kier molecular flexibility index (Phi) is 8.61. The average Bonchev–Trinajstić information content (AvgIpc) is 2.27. The van der Waals surface area contributed by atoms with E-state index in [0.29, 0.717) is 6.42 Å². The van der Waals surface area contributed by atoms with Crippen LogP contribution in [0.2, 0.25) is 0 Å². The first-order valence-electron chi connectivity index (χ1n) is 6.34.